The second kappa shape index (κ2) is 5.71. The van der Waals surface area contributed by atoms with Gasteiger partial charge in [0.05, 0.1) is 13.2 Å². The van der Waals surface area contributed by atoms with E-state index < -0.39 is 0 Å². The maximum absolute atomic E-state index is 11.4. The van der Waals surface area contributed by atoms with Gasteiger partial charge in [0.2, 0.25) is 5.91 Å². The number of nitrogens with two attached hydrogens (primary N) is 1. The molecule has 4 nitrogen and oxygen atoms in total. The summed E-state index contributed by atoms with van der Waals surface area (Å²) in [5.41, 5.74) is 6.49. The maximum Gasteiger partial charge on any atom is 0.234 e. The van der Waals surface area contributed by atoms with Crippen molar-refractivity contribution >= 4 is 21.8 Å². The third-order valence-electron chi connectivity index (χ3n) is 3.31. The molecule has 98 valence electrons. The largest absolute Gasteiger partial charge is 0.496 e. The van der Waals surface area contributed by atoms with Crippen LogP contribution in [-0.4, -0.2) is 30.5 Å². The molecule has 1 heterocycles. The lowest BCUT2D eigenvalue weighted by Crippen LogP contribution is -2.39. The number of carbonyl (C=O) groups excluding carboxylic acids is 1. The summed E-state index contributed by atoms with van der Waals surface area (Å²) in [6, 6.07) is 5.79. The van der Waals surface area contributed by atoms with Gasteiger partial charge in [0.1, 0.15) is 5.75 Å². The van der Waals surface area contributed by atoms with Gasteiger partial charge in [0.15, 0.2) is 0 Å². The van der Waals surface area contributed by atoms with Crippen LogP contribution in [0.25, 0.3) is 0 Å². The summed E-state index contributed by atoms with van der Waals surface area (Å²) >= 11 is 3.42. The van der Waals surface area contributed by atoms with Crippen LogP contribution in [0, 0.1) is 0 Å². The van der Waals surface area contributed by atoms with Gasteiger partial charge in [-0.25, -0.2) is 0 Å². The summed E-state index contributed by atoms with van der Waals surface area (Å²) in [6.07, 6.45) is 1.88. The average molecular weight is 313 g/mol. The van der Waals surface area contributed by atoms with Gasteiger partial charge in [0, 0.05) is 16.6 Å². The number of halogens is 1. The van der Waals surface area contributed by atoms with Crippen molar-refractivity contribution in [1.29, 1.82) is 0 Å². The molecule has 1 saturated heterocycles. The zero-order chi connectivity index (χ0) is 13.1. The second-order valence-electron chi connectivity index (χ2n) is 4.49. The number of methoxy groups -OCH3 is 1. The molecule has 18 heavy (non-hydrogen) atoms. The second-order valence-corrected chi connectivity index (χ2v) is 5.40. The molecule has 1 aromatic carbocycles. The molecule has 0 spiro atoms. The third kappa shape index (κ3) is 2.84. The Morgan fingerprint density at radius 1 is 1.61 bits per heavy atom. The Bertz CT molecular complexity index is 451. The van der Waals surface area contributed by atoms with Crippen LogP contribution in [0.15, 0.2) is 22.7 Å². The Morgan fingerprint density at radius 2 is 2.39 bits per heavy atom. The van der Waals surface area contributed by atoms with E-state index in [1.54, 1.807) is 7.11 Å². The first-order valence-corrected chi connectivity index (χ1v) is 6.77. The van der Waals surface area contributed by atoms with Crippen LogP contribution in [-0.2, 0) is 11.3 Å². The van der Waals surface area contributed by atoms with Crippen LogP contribution in [0.3, 0.4) is 0 Å². The van der Waals surface area contributed by atoms with Crippen LogP contribution >= 0.6 is 15.9 Å². The molecule has 1 amide bonds. The molecule has 1 aliphatic heterocycles. The van der Waals surface area contributed by atoms with Crippen molar-refractivity contribution in [1.82, 2.24) is 4.90 Å². The SMILES string of the molecule is COc1cc(Br)ccc1CN1CCC[C@@H]1C(N)=O. The summed E-state index contributed by atoms with van der Waals surface area (Å²) in [6.45, 7) is 1.61. The fourth-order valence-electron chi connectivity index (χ4n) is 2.41. The highest BCUT2D eigenvalue weighted by Crippen LogP contribution is 2.27. The minimum atomic E-state index is -0.233. The molecule has 0 aliphatic carbocycles. The maximum atomic E-state index is 11.4. The lowest BCUT2D eigenvalue weighted by atomic mass is 10.1. The quantitative estimate of drug-likeness (QED) is 0.924. The highest BCUT2D eigenvalue weighted by atomic mass is 79.9. The molecule has 0 saturated carbocycles. The Kier molecular flexibility index (Phi) is 4.24. The highest BCUT2D eigenvalue weighted by molar-refractivity contribution is 9.10. The molecule has 1 fully saturated rings. The number of hydrogen-bond acceptors (Lipinski definition) is 3. The lowest BCUT2D eigenvalue weighted by molar-refractivity contribution is -0.122. The van der Waals surface area contributed by atoms with Gasteiger partial charge in [-0.3, -0.25) is 9.69 Å². The molecular formula is C13H17BrN2O2. The molecule has 1 atom stereocenters. The normalized spacial score (nSPS) is 20.0. The van der Waals surface area contributed by atoms with Gasteiger partial charge in [-0.15, -0.1) is 0 Å². The van der Waals surface area contributed by atoms with Gasteiger partial charge >= 0.3 is 0 Å². The van der Waals surface area contributed by atoms with Gasteiger partial charge in [-0.1, -0.05) is 22.0 Å². The van der Waals surface area contributed by atoms with Crippen molar-refractivity contribution in [2.75, 3.05) is 13.7 Å². The molecule has 0 bridgehead atoms. The van der Waals surface area contributed by atoms with E-state index in [9.17, 15) is 4.79 Å². The highest BCUT2D eigenvalue weighted by Gasteiger charge is 2.29. The van der Waals surface area contributed by atoms with Crippen molar-refractivity contribution in [3.63, 3.8) is 0 Å². The number of rotatable bonds is 4. The van der Waals surface area contributed by atoms with E-state index in [0.717, 1.165) is 35.2 Å². The Balaban J connectivity index is 2.16. The van der Waals surface area contributed by atoms with Crippen molar-refractivity contribution in [3.05, 3.63) is 28.2 Å². The molecule has 2 N–H and O–H groups in total. The monoisotopic (exact) mass is 312 g/mol. The first-order valence-electron chi connectivity index (χ1n) is 5.97. The molecule has 1 aromatic rings. The van der Waals surface area contributed by atoms with E-state index in [0.29, 0.717) is 6.54 Å². The van der Waals surface area contributed by atoms with Gasteiger partial charge < -0.3 is 10.5 Å². The van der Waals surface area contributed by atoms with Crippen LogP contribution in [0.1, 0.15) is 18.4 Å². The molecular weight excluding hydrogens is 296 g/mol. The fourth-order valence-corrected chi connectivity index (χ4v) is 2.75. The minimum absolute atomic E-state index is 0.140. The number of benzene rings is 1. The van der Waals surface area contributed by atoms with E-state index in [-0.39, 0.29) is 11.9 Å². The van der Waals surface area contributed by atoms with E-state index >= 15 is 0 Å². The lowest BCUT2D eigenvalue weighted by Gasteiger charge is -2.22. The summed E-state index contributed by atoms with van der Waals surface area (Å²) in [5, 5.41) is 0. The Hall–Kier alpha value is -1.07. The van der Waals surface area contributed by atoms with E-state index in [2.05, 4.69) is 20.8 Å². The van der Waals surface area contributed by atoms with Crippen LogP contribution in [0.4, 0.5) is 0 Å². The van der Waals surface area contributed by atoms with Crippen LogP contribution in [0.2, 0.25) is 0 Å². The summed E-state index contributed by atoms with van der Waals surface area (Å²) < 4.78 is 6.34. The standard InChI is InChI=1S/C13H17BrN2O2/c1-18-12-7-10(14)5-4-9(12)8-16-6-2-3-11(16)13(15)17/h4-5,7,11H,2-3,6,8H2,1H3,(H2,15,17)/t11-/m1/s1. The molecule has 0 aromatic heterocycles. The number of carbonyl (C=O) groups is 1. The topological polar surface area (TPSA) is 55.6 Å². The van der Waals surface area contributed by atoms with Gasteiger partial charge in [-0.2, -0.15) is 0 Å². The van der Waals surface area contributed by atoms with E-state index in [4.69, 9.17) is 10.5 Å². The molecule has 5 heteroatoms. The van der Waals surface area contributed by atoms with E-state index in [1.165, 1.54) is 0 Å². The third-order valence-corrected chi connectivity index (χ3v) is 3.81. The van der Waals surface area contributed by atoms with Crippen molar-refractivity contribution in [3.8, 4) is 5.75 Å². The average Bonchev–Trinajstić information content (AvgIpc) is 2.79. The van der Waals surface area contributed by atoms with Crippen molar-refractivity contribution in [2.45, 2.75) is 25.4 Å². The minimum Gasteiger partial charge on any atom is -0.496 e. The van der Waals surface area contributed by atoms with Crippen molar-refractivity contribution in [2.24, 2.45) is 5.73 Å². The number of nitrogens with zero attached hydrogens (tertiary/aromatic N) is 1. The first kappa shape index (κ1) is 13.4. The Morgan fingerprint density at radius 3 is 3.06 bits per heavy atom. The van der Waals surface area contributed by atoms with Crippen LogP contribution in [0.5, 0.6) is 5.75 Å². The van der Waals surface area contributed by atoms with Gasteiger partial charge in [-0.05, 0) is 31.5 Å². The predicted molar refractivity (Wildman–Crippen MR) is 73.3 cm³/mol. The molecule has 0 unspecified atom stereocenters. The smallest absolute Gasteiger partial charge is 0.234 e. The number of hydrogen-bond donors (Lipinski definition) is 1. The fraction of sp³-hybridized carbons (Fsp3) is 0.462. The predicted octanol–water partition coefficient (Wildman–Crippen LogP) is 1.91. The zero-order valence-electron chi connectivity index (χ0n) is 10.4. The molecule has 1 aliphatic rings. The number of amides is 1. The zero-order valence-corrected chi connectivity index (χ0v) is 11.9. The summed E-state index contributed by atoms with van der Waals surface area (Å²) in [4.78, 5) is 13.5. The van der Waals surface area contributed by atoms with E-state index in [1.807, 2.05) is 18.2 Å². The number of primary amides is 1. The van der Waals surface area contributed by atoms with Crippen molar-refractivity contribution < 1.29 is 9.53 Å². The summed E-state index contributed by atoms with van der Waals surface area (Å²) in [7, 11) is 1.65. The Labute approximate surface area is 115 Å². The van der Waals surface area contributed by atoms with Crippen LogP contribution < -0.4 is 10.5 Å². The number of likely N-dealkylation sites (tertiary alicyclic amines) is 1. The molecule has 0 radical (unpaired) electrons. The molecule has 2 rings (SSSR count). The first-order chi connectivity index (χ1) is 8.61. The number of ether oxygens (including phenoxy) is 1. The summed E-state index contributed by atoms with van der Waals surface area (Å²) in [5.74, 6) is 0.600. The van der Waals surface area contributed by atoms with Gasteiger partial charge in [0.25, 0.3) is 0 Å².